The average molecular weight is 437 g/mol. The van der Waals surface area contributed by atoms with Crippen molar-refractivity contribution in [1.29, 1.82) is 0 Å². The summed E-state index contributed by atoms with van der Waals surface area (Å²) in [6.45, 7) is 6.65. The van der Waals surface area contributed by atoms with Gasteiger partial charge in [0.15, 0.2) is 0 Å². The Morgan fingerprint density at radius 2 is 1.61 bits per heavy atom. The maximum absolute atomic E-state index is 13.0. The highest BCUT2D eigenvalue weighted by atomic mass is 32.2. The molecule has 0 spiro atoms. The molecule has 1 aliphatic carbocycles. The van der Waals surface area contributed by atoms with Gasteiger partial charge in [0.2, 0.25) is 0 Å². The Kier molecular flexibility index (Phi) is 5.65. The predicted octanol–water partition coefficient (Wildman–Crippen LogP) is 3.56. The van der Waals surface area contributed by atoms with E-state index in [1.165, 1.54) is 24.9 Å². The number of aromatic nitrogens is 1. The SMILES string of the molecule is O=S(=O)(Nc1ccc(CN2CCN(CC3CC3)CC2)cc1)c1cccc2cccnc12. The number of fused-ring (bicyclic) bond motifs is 1. The van der Waals surface area contributed by atoms with Crippen LogP contribution in [0.4, 0.5) is 5.69 Å². The van der Waals surface area contributed by atoms with Crippen LogP contribution in [0, 0.1) is 5.92 Å². The van der Waals surface area contributed by atoms with Gasteiger partial charge in [-0.15, -0.1) is 0 Å². The van der Waals surface area contributed by atoms with Crippen molar-refractivity contribution in [3.8, 4) is 0 Å². The fraction of sp³-hybridized carbons (Fsp3) is 0.375. The van der Waals surface area contributed by atoms with Gasteiger partial charge in [-0.05, 0) is 48.6 Å². The van der Waals surface area contributed by atoms with Gasteiger partial charge in [-0.25, -0.2) is 8.42 Å². The van der Waals surface area contributed by atoms with Gasteiger partial charge in [-0.2, -0.15) is 0 Å². The number of nitrogens with one attached hydrogen (secondary N) is 1. The molecule has 2 aliphatic rings. The smallest absolute Gasteiger partial charge is 0.264 e. The highest BCUT2D eigenvalue weighted by Gasteiger charge is 2.26. The van der Waals surface area contributed by atoms with Gasteiger partial charge in [0.05, 0.1) is 5.52 Å². The van der Waals surface area contributed by atoms with E-state index in [0.29, 0.717) is 11.2 Å². The van der Waals surface area contributed by atoms with E-state index in [-0.39, 0.29) is 4.90 Å². The van der Waals surface area contributed by atoms with E-state index >= 15 is 0 Å². The van der Waals surface area contributed by atoms with Crippen LogP contribution in [-0.2, 0) is 16.6 Å². The molecule has 1 N–H and O–H groups in total. The number of hydrogen-bond donors (Lipinski definition) is 1. The normalized spacial score (nSPS) is 18.3. The third-order valence-electron chi connectivity index (χ3n) is 6.18. The summed E-state index contributed by atoms with van der Waals surface area (Å²) in [7, 11) is -3.72. The van der Waals surface area contributed by atoms with Crippen LogP contribution in [0.15, 0.2) is 65.7 Å². The quantitative estimate of drug-likeness (QED) is 0.613. The molecule has 0 atom stereocenters. The molecule has 1 saturated heterocycles. The molecule has 2 aromatic carbocycles. The molecule has 6 nitrogen and oxygen atoms in total. The fourth-order valence-electron chi connectivity index (χ4n) is 4.24. The Labute approximate surface area is 183 Å². The van der Waals surface area contributed by atoms with Gasteiger partial charge in [-0.3, -0.25) is 14.6 Å². The summed E-state index contributed by atoms with van der Waals surface area (Å²) in [6.07, 6.45) is 4.43. The van der Waals surface area contributed by atoms with Crippen LogP contribution in [0.25, 0.3) is 10.9 Å². The zero-order valence-corrected chi connectivity index (χ0v) is 18.4. The van der Waals surface area contributed by atoms with Gasteiger partial charge in [-0.1, -0.05) is 30.3 Å². The summed E-state index contributed by atoms with van der Waals surface area (Å²) >= 11 is 0. The van der Waals surface area contributed by atoms with Crippen LogP contribution in [0.2, 0.25) is 0 Å². The lowest BCUT2D eigenvalue weighted by atomic mass is 10.2. The van der Waals surface area contributed by atoms with Gasteiger partial charge >= 0.3 is 0 Å². The topological polar surface area (TPSA) is 65.5 Å². The molecule has 0 radical (unpaired) electrons. The molecule has 1 aliphatic heterocycles. The Morgan fingerprint density at radius 3 is 2.35 bits per heavy atom. The number of rotatable bonds is 7. The van der Waals surface area contributed by atoms with E-state index in [4.69, 9.17) is 0 Å². The first kappa shape index (κ1) is 20.4. The maximum atomic E-state index is 13.0. The highest BCUT2D eigenvalue weighted by Crippen LogP contribution is 2.30. The molecule has 1 saturated carbocycles. The van der Waals surface area contributed by atoms with E-state index in [1.807, 2.05) is 36.4 Å². The summed E-state index contributed by atoms with van der Waals surface area (Å²) in [6, 6.07) is 16.6. The first-order chi connectivity index (χ1) is 15.1. The number of anilines is 1. The number of hydrogen-bond acceptors (Lipinski definition) is 5. The number of para-hydroxylation sites is 1. The second-order valence-corrected chi connectivity index (χ2v) is 10.3. The molecule has 2 fully saturated rings. The molecule has 0 amide bonds. The van der Waals surface area contributed by atoms with E-state index in [9.17, 15) is 8.42 Å². The van der Waals surface area contributed by atoms with Crippen molar-refractivity contribution < 1.29 is 8.42 Å². The van der Waals surface area contributed by atoms with Crippen molar-refractivity contribution in [2.75, 3.05) is 37.4 Å². The zero-order valence-electron chi connectivity index (χ0n) is 17.6. The fourth-order valence-corrected chi connectivity index (χ4v) is 5.47. The summed E-state index contributed by atoms with van der Waals surface area (Å²) in [4.78, 5) is 9.53. The van der Waals surface area contributed by atoms with E-state index in [0.717, 1.165) is 44.0 Å². The molecule has 0 bridgehead atoms. The third-order valence-corrected chi connectivity index (χ3v) is 7.59. The molecule has 31 heavy (non-hydrogen) atoms. The summed E-state index contributed by atoms with van der Waals surface area (Å²) in [5.74, 6) is 0.951. The molecule has 2 heterocycles. The second-order valence-electron chi connectivity index (χ2n) is 8.65. The van der Waals surface area contributed by atoms with Crippen molar-refractivity contribution in [1.82, 2.24) is 14.8 Å². The molecular formula is C24H28N4O2S. The van der Waals surface area contributed by atoms with Crippen molar-refractivity contribution in [3.63, 3.8) is 0 Å². The van der Waals surface area contributed by atoms with Crippen LogP contribution in [0.5, 0.6) is 0 Å². The first-order valence-corrected chi connectivity index (χ1v) is 12.5. The van der Waals surface area contributed by atoms with Crippen molar-refractivity contribution in [2.45, 2.75) is 24.3 Å². The summed E-state index contributed by atoms with van der Waals surface area (Å²) < 4.78 is 28.6. The second kappa shape index (κ2) is 8.57. The first-order valence-electron chi connectivity index (χ1n) is 11.0. The Morgan fingerprint density at radius 1 is 0.903 bits per heavy atom. The minimum absolute atomic E-state index is 0.193. The maximum Gasteiger partial charge on any atom is 0.264 e. The van der Waals surface area contributed by atoms with Gasteiger partial charge < -0.3 is 4.90 Å². The average Bonchev–Trinajstić information content (AvgIpc) is 3.60. The highest BCUT2D eigenvalue weighted by molar-refractivity contribution is 7.93. The zero-order chi connectivity index (χ0) is 21.3. The van der Waals surface area contributed by atoms with Crippen LogP contribution >= 0.6 is 0 Å². The minimum Gasteiger partial charge on any atom is -0.301 e. The van der Waals surface area contributed by atoms with Crippen LogP contribution in [-0.4, -0.2) is 55.9 Å². The summed E-state index contributed by atoms with van der Waals surface area (Å²) in [5, 5.41) is 0.804. The van der Waals surface area contributed by atoms with Crippen molar-refractivity contribution in [2.24, 2.45) is 5.92 Å². The molecule has 5 rings (SSSR count). The number of piperazine rings is 1. The Hall–Kier alpha value is -2.48. The predicted molar refractivity (Wildman–Crippen MR) is 123 cm³/mol. The van der Waals surface area contributed by atoms with E-state index in [1.54, 1.807) is 24.4 Å². The number of pyridine rings is 1. The van der Waals surface area contributed by atoms with Gasteiger partial charge in [0, 0.05) is 56.5 Å². The van der Waals surface area contributed by atoms with Crippen LogP contribution < -0.4 is 4.72 Å². The Balaban J connectivity index is 1.22. The molecule has 0 unspecified atom stereocenters. The molecule has 162 valence electrons. The number of nitrogens with zero attached hydrogens (tertiary/aromatic N) is 3. The lowest BCUT2D eigenvalue weighted by Crippen LogP contribution is -2.46. The number of sulfonamides is 1. The van der Waals surface area contributed by atoms with Gasteiger partial charge in [0.1, 0.15) is 4.90 Å². The molecule has 7 heteroatoms. The van der Waals surface area contributed by atoms with Crippen LogP contribution in [0.1, 0.15) is 18.4 Å². The van der Waals surface area contributed by atoms with Crippen molar-refractivity contribution >= 4 is 26.6 Å². The Bertz CT molecular complexity index is 1150. The lowest BCUT2D eigenvalue weighted by Gasteiger charge is -2.34. The number of benzene rings is 2. The van der Waals surface area contributed by atoms with Gasteiger partial charge in [0.25, 0.3) is 10.0 Å². The van der Waals surface area contributed by atoms with Crippen molar-refractivity contribution in [3.05, 3.63) is 66.4 Å². The molecular weight excluding hydrogens is 408 g/mol. The standard InChI is InChI=1S/C24H28N4O2S/c29-31(30,23-5-1-3-21-4-2-12-25-24(21)23)26-22-10-8-20(9-11-22)18-28-15-13-27(14-16-28)17-19-6-7-19/h1-5,8-12,19,26H,6-7,13-18H2. The van der Waals surface area contributed by atoms with E-state index < -0.39 is 10.0 Å². The lowest BCUT2D eigenvalue weighted by molar-refractivity contribution is 0.123. The van der Waals surface area contributed by atoms with Crippen LogP contribution in [0.3, 0.4) is 0 Å². The minimum atomic E-state index is -3.72. The van der Waals surface area contributed by atoms with E-state index in [2.05, 4.69) is 19.5 Å². The molecule has 1 aromatic heterocycles. The largest absolute Gasteiger partial charge is 0.301 e. The molecule has 3 aromatic rings. The third kappa shape index (κ3) is 4.89. The summed E-state index contributed by atoms with van der Waals surface area (Å²) in [5.41, 5.74) is 2.24. The monoisotopic (exact) mass is 436 g/mol.